The lowest BCUT2D eigenvalue weighted by molar-refractivity contribution is 0.279. The normalized spacial score (nSPS) is 10.8. The van der Waals surface area contributed by atoms with E-state index in [-0.39, 0.29) is 0 Å². The minimum atomic E-state index is 0.706. The van der Waals surface area contributed by atoms with Gasteiger partial charge in [0, 0.05) is 35.9 Å². The van der Waals surface area contributed by atoms with Crippen molar-refractivity contribution in [1.29, 1.82) is 0 Å². The van der Waals surface area contributed by atoms with Gasteiger partial charge in [-0.05, 0) is 67.8 Å². The number of rotatable bonds is 10. The zero-order chi connectivity index (χ0) is 19.7. The fraction of sp³-hybridized carbons (Fsp3) is 0.217. The molecule has 0 aliphatic rings. The van der Waals surface area contributed by atoms with Crippen molar-refractivity contribution in [3.05, 3.63) is 73.3 Å². The molecular weight excluding hydrogens is 364 g/mol. The van der Waals surface area contributed by atoms with Crippen LogP contribution in [0.1, 0.15) is 19.3 Å². The van der Waals surface area contributed by atoms with Crippen LogP contribution in [0.2, 0.25) is 0 Å². The Morgan fingerprint density at radius 2 is 1.03 bits per heavy atom. The number of aromatic amines is 2. The number of imidazole rings is 2. The first-order valence-electron chi connectivity index (χ1n) is 9.84. The molecule has 6 heteroatoms. The molecule has 4 rings (SSSR count). The molecule has 0 aliphatic carbocycles. The second-order valence-electron chi connectivity index (χ2n) is 6.68. The summed E-state index contributed by atoms with van der Waals surface area (Å²) in [4.78, 5) is 14.7. The van der Waals surface area contributed by atoms with Gasteiger partial charge in [0.05, 0.1) is 13.2 Å². The van der Waals surface area contributed by atoms with Crippen molar-refractivity contribution in [3.8, 4) is 34.3 Å². The van der Waals surface area contributed by atoms with E-state index < -0.39 is 0 Å². The molecule has 0 spiro atoms. The third kappa shape index (κ3) is 5.25. The van der Waals surface area contributed by atoms with E-state index in [9.17, 15) is 0 Å². The van der Waals surface area contributed by atoms with Gasteiger partial charge in [-0.15, -0.1) is 0 Å². The van der Waals surface area contributed by atoms with E-state index in [1.807, 2.05) is 60.9 Å². The van der Waals surface area contributed by atoms with Gasteiger partial charge in [0.2, 0.25) is 0 Å². The van der Waals surface area contributed by atoms with Gasteiger partial charge in [0.25, 0.3) is 0 Å². The highest BCUT2D eigenvalue weighted by Gasteiger charge is 2.02. The Labute approximate surface area is 170 Å². The maximum Gasteiger partial charge on any atom is 0.137 e. The lowest BCUT2D eigenvalue weighted by Gasteiger charge is -2.08. The predicted octanol–water partition coefficient (Wildman–Crippen LogP) is 5.09. The summed E-state index contributed by atoms with van der Waals surface area (Å²) in [5.41, 5.74) is 2.10. The van der Waals surface area contributed by atoms with E-state index >= 15 is 0 Å². The Kier molecular flexibility index (Phi) is 6.22. The van der Waals surface area contributed by atoms with Crippen molar-refractivity contribution in [2.24, 2.45) is 0 Å². The topological polar surface area (TPSA) is 75.8 Å². The Morgan fingerprint density at radius 1 is 0.586 bits per heavy atom. The molecule has 4 aromatic rings. The summed E-state index contributed by atoms with van der Waals surface area (Å²) in [5, 5.41) is 0. The molecule has 0 saturated heterocycles. The van der Waals surface area contributed by atoms with E-state index in [1.54, 1.807) is 12.4 Å². The minimum absolute atomic E-state index is 0.706. The molecule has 0 saturated carbocycles. The van der Waals surface area contributed by atoms with Gasteiger partial charge >= 0.3 is 0 Å². The number of ether oxygens (including phenoxy) is 2. The summed E-state index contributed by atoms with van der Waals surface area (Å²) >= 11 is 0. The molecule has 0 atom stereocenters. The lowest BCUT2D eigenvalue weighted by atomic mass is 10.2. The van der Waals surface area contributed by atoms with Gasteiger partial charge in [0.1, 0.15) is 23.1 Å². The number of H-pyrrole nitrogens is 2. The SMILES string of the molecule is c1c[nH]c(-c2ccc(OCCCCCOc3ccc(-c4ncc[nH]4)cc3)cc2)n1. The van der Waals surface area contributed by atoms with Crippen molar-refractivity contribution >= 4 is 0 Å². The Hall–Kier alpha value is -3.54. The number of benzene rings is 2. The molecule has 2 aromatic carbocycles. The number of nitrogens with one attached hydrogen (secondary N) is 2. The third-order valence-electron chi connectivity index (χ3n) is 4.58. The molecule has 2 aromatic heterocycles. The molecule has 0 fully saturated rings. The van der Waals surface area contributed by atoms with Crippen LogP contribution in [-0.4, -0.2) is 33.1 Å². The lowest BCUT2D eigenvalue weighted by Crippen LogP contribution is -2.01. The van der Waals surface area contributed by atoms with Gasteiger partial charge < -0.3 is 19.4 Å². The third-order valence-corrected chi connectivity index (χ3v) is 4.58. The molecule has 0 amide bonds. The van der Waals surface area contributed by atoms with Crippen molar-refractivity contribution in [2.45, 2.75) is 19.3 Å². The Morgan fingerprint density at radius 3 is 1.41 bits per heavy atom. The largest absolute Gasteiger partial charge is 0.494 e. The van der Waals surface area contributed by atoms with Crippen LogP contribution in [0.25, 0.3) is 22.8 Å². The van der Waals surface area contributed by atoms with Crippen LogP contribution in [0.3, 0.4) is 0 Å². The van der Waals surface area contributed by atoms with Crippen LogP contribution < -0.4 is 9.47 Å². The maximum absolute atomic E-state index is 5.81. The van der Waals surface area contributed by atoms with Crippen LogP contribution >= 0.6 is 0 Å². The molecule has 0 unspecified atom stereocenters. The van der Waals surface area contributed by atoms with Crippen molar-refractivity contribution < 1.29 is 9.47 Å². The standard InChI is InChI=1S/C23H24N4O2/c1(2-16-28-20-8-4-18(5-9-20)22-24-12-13-25-22)3-17-29-21-10-6-19(7-11-21)23-26-14-15-27-23/h4-15H,1-3,16-17H2,(H,24,25)(H,26,27). The molecule has 0 bridgehead atoms. The molecule has 6 nitrogen and oxygen atoms in total. The highest BCUT2D eigenvalue weighted by atomic mass is 16.5. The van der Waals surface area contributed by atoms with Crippen LogP contribution in [0.4, 0.5) is 0 Å². The summed E-state index contributed by atoms with van der Waals surface area (Å²) in [5.74, 6) is 3.50. The fourth-order valence-corrected chi connectivity index (χ4v) is 3.03. The maximum atomic E-state index is 5.81. The van der Waals surface area contributed by atoms with E-state index in [1.165, 1.54) is 0 Å². The van der Waals surface area contributed by atoms with Crippen molar-refractivity contribution in [1.82, 2.24) is 19.9 Å². The highest BCUT2D eigenvalue weighted by Crippen LogP contribution is 2.20. The number of unbranched alkanes of at least 4 members (excludes halogenated alkanes) is 2. The molecule has 29 heavy (non-hydrogen) atoms. The van der Waals surface area contributed by atoms with Gasteiger partial charge in [0.15, 0.2) is 0 Å². The number of nitrogens with zero attached hydrogens (tertiary/aromatic N) is 2. The van der Waals surface area contributed by atoms with Crippen molar-refractivity contribution in [3.63, 3.8) is 0 Å². The average Bonchev–Trinajstić information content (AvgIpc) is 3.48. The molecular formula is C23H24N4O2. The molecule has 148 valence electrons. The van der Waals surface area contributed by atoms with Crippen LogP contribution in [0.5, 0.6) is 11.5 Å². The zero-order valence-corrected chi connectivity index (χ0v) is 16.2. The monoisotopic (exact) mass is 388 g/mol. The minimum Gasteiger partial charge on any atom is -0.494 e. The van der Waals surface area contributed by atoms with Gasteiger partial charge in [-0.2, -0.15) is 0 Å². The van der Waals surface area contributed by atoms with E-state index in [4.69, 9.17) is 9.47 Å². The average molecular weight is 388 g/mol. The second-order valence-corrected chi connectivity index (χ2v) is 6.68. The Bertz CT molecular complexity index is 881. The number of aromatic nitrogens is 4. The van der Waals surface area contributed by atoms with Gasteiger partial charge in [-0.25, -0.2) is 9.97 Å². The van der Waals surface area contributed by atoms with Gasteiger partial charge in [-0.3, -0.25) is 0 Å². The summed E-state index contributed by atoms with van der Waals surface area (Å²) in [6.45, 7) is 1.41. The predicted molar refractivity (Wildman–Crippen MR) is 113 cm³/mol. The second kappa shape index (κ2) is 9.59. The highest BCUT2D eigenvalue weighted by molar-refractivity contribution is 5.56. The molecule has 2 N–H and O–H groups in total. The van der Waals surface area contributed by atoms with Crippen LogP contribution in [-0.2, 0) is 0 Å². The first kappa shape index (κ1) is 18.8. The van der Waals surface area contributed by atoms with Crippen molar-refractivity contribution in [2.75, 3.05) is 13.2 Å². The first-order valence-corrected chi connectivity index (χ1v) is 9.84. The fourth-order valence-electron chi connectivity index (χ4n) is 3.03. The van der Waals surface area contributed by atoms with Gasteiger partial charge in [-0.1, -0.05) is 0 Å². The number of hydrogen-bond acceptors (Lipinski definition) is 4. The summed E-state index contributed by atoms with van der Waals surface area (Å²) in [6, 6.07) is 16.0. The van der Waals surface area contributed by atoms with E-state index in [2.05, 4.69) is 19.9 Å². The first-order chi connectivity index (χ1) is 14.4. The molecule has 0 radical (unpaired) electrons. The quantitative estimate of drug-likeness (QED) is 0.371. The summed E-state index contributed by atoms with van der Waals surface area (Å²) in [6.07, 6.45) is 10.2. The Balaban J connectivity index is 1.10. The van der Waals surface area contributed by atoms with E-state index in [0.29, 0.717) is 13.2 Å². The van der Waals surface area contributed by atoms with Crippen LogP contribution in [0.15, 0.2) is 73.3 Å². The number of hydrogen-bond donors (Lipinski definition) is 2. The zero-order valence-electron chi connectivity index (χ0n) is 16.2. The van der Waals surface area contributed by atoms with Crippen LogP contribution in [0, 0.1) is 0 Å². The molecule has 2 heterocycles. The smallest absolute Gasteiger partial charge is 0.137 e. The summed E-state index contributed by atoms with van der Waals surface area (Å²) < 4.78 is 11.6. The summed E-state index contributed by atoms with van der Waals surface area (Å²) in [7, 11) is 0. The van der Waals surface area contributed by atoms with E-state index in [0.717, 1.165) is 53.5 Å². The molecule has 0 aliphatic heterocycles.